The maximum absolute atomic E-state index is 11.8. The van der Waals surface area contributed by atoms with Crippen LogP contribution < -0.4 is 0 Å². The second-order valence-corrected chi connectivity index (χ2v) is 5.98. The zero-order chi connectivity index (χ0) is 11.8. The lowest BCUT2D eigenvalue weighted by Crippen LogP contribution is -2.09. The van der Waals surface area contributed by atoms with Crippen molar-refractivity contribution in [2.75, 3.05) is 0 Å². The Hall–Kier alpha value is -0.820. The SMILES string of the molecule is CC1(C)CC(=O)C(Cc2ccc(Cl)cc2)C1. The number of hydrogen-bond donors (Lipinski definition) is 0. The van der Waals surface area contributed by atoms with Gasteiger partial charge in [-0.3, -0.25) is 4.79 Å². The summed E-state index contributed by atoms with van der Waals surface area (Å²) >= 11 is 5.84. The van der Waals surface area contributed by atoms with Crippen LogP contribution in [-0.2, 0) is 11.2 Å². The Morgan fingerprint density at radius 1 is 1.31 bits per heavy atom. The summed E-state index contributed by atoms with van der Waals surface area (Å²) in [5.41, 5.74) is 1.40. The number of ketones is 1. The average Bonchev–Trinajstić information content (AvgIpc) is 2.44. The molecule has 1 aromatic carbocycles. The van der Waals surface area contributed by atoms with Gasteiger partial charge in [0.2, 0.25) is 0 Å². The van der Waals surface area contributed by atoms with E-state index in [4.69, 9.17) is 11.6 Å². The highest BCUT2D eigenvalue weighted by molar-refractivity contribution is 6.30. The highest BCUT2D eigenvalue weighted by Crippen LogP contribution is 2.39. The quantitative estimate of drug-likeness (QED) is 0.762. The van der Waals surface area contributed by atoms with Crippen LogP contribution in [0.25, 0.3) is 0 Å². The lowest BCUT2D eigenvalue weighted by atomic mass is 9.89. The fraction of sp³-hybridized carbons (Fsp3) is 0.500. The lowest BCUT2D eigenvalue weighted by molar-refractivity contribution is -0.120. The summed E-state index contributed by atoms with van der Waals surface area (Å²) in [7, 11) is 0. The molecule has 1 atom stereocenters. The third kappa shape index (κ3) is 2.65. The van der Waals surface area contributed by atoms with Crippen molar-refractivity contribution in [1.29, 1.82) is 0 Å². The van der Waals surface area contributed by atoms with Crippen molar-refractivity contribution in [1.82, 2.24) is 0 Å². The van der Waals surface area contributed by atoms with Gasteiger partial charge in [-0.15, -0.1) is 0 Å². The van der Waals surface area contributed by atoms with Crippen molar-refractivity contribution in [3.8, 4) is 0 Å². The van der Waals surface area contributed by atoms with Crippen LogP contribution in [0.3, 0.4) is 0 Å². The Balaban J connectivity index is 2.06. The van der Waals surface area contributed by atoms with Gasteiger partial charge >= 0.3 is 0 Å². The molecule has 0 spiro atoms. The second-order valence-electron chi connectivity index (χ2n) is 5.54. The van der Waals surface area contributed by atoms with Crippen LogP contribution in [0.4, 0.5) is 0 Å². The smallest absolute Gasteiger partial charge is 0.136 e. The Bertz CT molecular complexity index is 392. The van der Waals surface area contributed by atoms with E-state index in [9.17, 15) is 4.79 Å². The van der Waals surface area contributed by atoms with Crippen LogP contribution in [0.15, 0.2) is 24.3 Å². The molecular weight excluding hydrogens is 220 g/mol. The standard InChI is InChI=1S/C14H17ClO/c1-14(2)8-11(13(16)9-14)7-10-3-5-12(15)6-4-10/h3-6,11H,7-9H2,1-2H3. The van der Waals surface area contributed by atoms with Gasteiger partial charge < -0.3 is 0 Å². The summed E-state index contributed by atoms with van der Waals surface area (Å²) in [5.74, 6) is 0.621. The van der Waals surface area contributed by atoms with Crippen LogP contribution in [0, 0.1) is 11.3 Å². The largest absolute Gasteiger partial charge is 0.299 e. The van der Waals surface area contributed by atoms with Gasteiger partial charge in [0.25, 0.3) is 0 Å². The van der Waals surface area contributed by atoms with Crippen LogP contribution >= 0.6 is 11.6 Å². The predicted octanol–water partition coefficient (Wildman–Crippen LogP) is 3.89. The summed E-state index contributed by atoms with van der Waals surface area (Å²) < 4.78 is 0. The first-order valence-corrected chi connectivity index (χ1v) is 6.11. The van der Waals surface area contributed by atoms with Gasteiger partial charge in [-0.2, -0.15) is 0 Å². The van der Waals surface area contributed by atoms with E-state index in [1.807, 2.05) is 24.3 Å². The monoisotopic (exact) mass is 236 g/mol. The molecule has 2 heteroatoms. The first kappa shape index (κ1) is 11.7. The Morgan fingerprint density at radius 3 is 2.44 bits per heavy atom. The molecule has 0 saturated heterocycles. The first-order chi connectivity index (χ1) is 7.46. The lowest BCUT2D eigenvalue weighted by Gasteiger charge is -2.15. The summed E-state index contributed by atoms with van der Waals surface area (Å²) in [6.07, 6.45) is 2.60. The fourth-order valence-corrected chi connectivity index (χ4v) is 2.69. The highest BCUT2D eigenvalue weighted by atomic mass is 35.5. The predicted molar refractivity (Wildman–Crippen MR) is 66.7 cm³/mol. The molecule has 1 fully saturated rings. The first-order valence-electron chi connectivity index (χ1n) is 5.73. The van der Waals surface area contributed by atoms with E-state index < -0.39 is 0 Å². The molecule has 0 radical (unpaired) electrons. The molecular formula is C14H17ClO. The topological polar surface area (TPSA) is 17.1 Å². The molecule has 1 aliphatic rings. The minimum Gasteiger partial charge on any atom is -0.299 e. The van der Waals surface area contributed by atoms with Crippen molar-refractivity contribution in [2.24, 2.45) is 11.3 Å². The van der Waals surface area contributed by atoms with E-state index >= 15 is 0 Å². The van der Waals surface area contributed by atoms with E-state index in [1.165, 1.54) is 5.56 Å². The van der Waals surface area contributed by atoms with Crippen molar-refractivity contribution in [3.63, 3.8) is 0 Å². The second kappa shape index (κ2) is 4.21. The molecule has 1 aromatic rings. The molecule has 0 amide bonds. The molecule has 0 aliphatic heterocycles. The third-order valence-electron chi connectivity index (χ3n) is 3.30. The van der Waals surface area contributed by atoms with Gasteiger partial charge in [0.1, 0.15) is 5.78 Å². The van der Waals surface area contributed by atoms with Crippen molar-refractivity contribution in [3.05, 3.63) is 34.9 Å². The zero-order valence-corrected chi connectivity index (χ0v) is 10.6. The Labute approximate surface area is 102 Å². The van der Waals surface area contributed by atoms with E-state index in [2.05, 4.69) is 13.8 Å². The Morgan fingerprint density at radius 2 is 1.94 bits per heavy atom. The summed E-state index contributed by atoms with van der Waals surface area (Å²) in [6.45, 7) is 4.35. The maximum atomic E-state index is 11.8. The highest BCUT2D eigenvalue weighted by Gasteiger charge is 2.37. The van der Waals surface area contributed by atoms with E-state index in [-0.39, 0.29) is 11.3 Å². The molecule has 86 valence electrons. The van der Waals surface area contributed by atoms with Crippen LogP contribution in [0.5, 0.6) is 0 Å². The fourth-order valence-electron chi connectivity index (χ4n) is 2.56. The van der Waals surface area contributed by atoms with Gasteiger partial charge in [-0.25, -0.2) is 0 Å². The molecule has 16 heavy (non-hydrogen) atoms. The molecule has 0 heterocycles. The van der Waals surface area contributed by atoms with Gasteiger partial charge in [0.15, 0.2) is 0 Å². The molecule has 2 rings (SSSR count). The van der Waals surface area contributed by atoms with Crippen molar-refractivity contribution in [2.45, 2.75) is 33.1 Å². The average molecular weight is 237 g/mol. The normalized spacial score (nSPS) is 23.7. The van der Waals surface area contributed by atoms with Gasteiger partial charge in [0, 0.05) is 17.4 Å². The number of Topliss-reactive ketones (excluding diaryl/α,β-unsaturated/α-hetero) is 1. The van der Waals surface area contributed by atoms with E-state index in [0.29, 0.717) is 5.78 Å². The van der Waals surface area contributed by atoms with Crippen LogP contribution in [0.1, 0.15) is 32.3 Å². The minimum absolute atomic E-state index is 0.189. The van der Waals surface area contributed by atoms with E-state index in [1.54, 1.807) is 0 Å². The van der Waals surface area contributed by atoms with E-state index in [0.717, 1.165) is 24.3 Å². The van der Waals surface area contributed by atoms with Crippen molar-refractivity contribution < 1.29 is 4.79 Å². The molecule has 0 bridgehead atoms. The van der Waals surface area contributed by atoms with Gasteiger partial charge in [-0.05, 0) is 36.0 Å². The molecule has 1 saturated carbocycles. The van der Waals surface area contributed by atoms with Crippen molar-refractivity contribution >= 4 is 17.4 Å². The molecule has 1 nitrogen and oxygen atoms in total. The summed E-state index contributed by atoms with van der Waals surface area (Å²) in [6, 6.07) is 7.81. The number of hydrogen-bond acceptors (Lipinski definition) is 1. The molecule has 1 unspecified atom stereocenters. The number of carbonyl (C=O) groups excluding carboxylic acids is 1. The summed E-state index contributed by atoms with van der Waals surface area (Å²) in [4.78, 5) is 11.8. The number of benzene rings is 1. The Kier molecular flexibility index (Phi) is 3.07. The summed E-state index contributed by atoms with van der Waals surface area (Å²) in [5, 5.41) is 0.752. The van der Waals surface area contributed by atoms with Gasteiger partial charge in [-0.1, -0.05) is 37.6 Å². The third-order valence-corrected chi connectivity index (χ3v) is 3.55. The minimum atomic E-state index is 0.189. The zero-order valence-electron chi connectivity index (χ0n) is 9.79. The number of halogens is 1. The molecule has 0 aromatic heterocycles. The number of rotatable bonds is 2. The van der Waals surface area contributed by atoms with Crippen LogP contribution in [0.2, 0.25) is 5.02 Å². The van der Waals surface area contributed by atoms with Gasteiger partial charge in [0.05, 0.1) is 0 Å². The maximum Gasteiger partial charge on any atom is 0.136 e. The molecule has 1 aliphatic carbocycles. The number of carbonyl (C=O) groups is 1. The molecule has 0 N–H and O–H groups in total. The van der Waals surface area contributed by atoms with Crippen LogP contribution in [-0.4, -0.2) is 5.78 Å².